The van der Waals surface area contributed by atoms with Crippen LogP contribution in [-0.2, 0) is 11.3 Å². The Morgan fingerprint density at radius 1 is 1.50 bits per heavy atom. The average molecular weight is 273 g/mol. The number of halogens is 1. The lowest BCUT2D eigenvalue weighted by atomic mass is 9.92. The van der Waals surface area contributed by atoms with Crippen molar-refractivity contribution in [3.05, 3.63) is 12.2 Å². The quantitative estimate of drug-likeness (QED) is 0.830. The summed E-state index contributed by atoms with van der Waals surface area (Å²) < 4.78 is 7.33. The first-order chi connectivity index (χ1) is 8.67. The van der Waals surface area contributed by atoms with Crippen molar-refractivity contribution in [2.75, 3.05) is 19.1 Å². The largest absolute Gasteiger partial charge is 0.381 e. The van der Waals surface area contributed by atoms with Gasteiger partial charge in [-0.05, 0) is 26.7 Å². The van der Waals surface area contributed by atoms with Crippen LogP contribution >= 0.6 is 11.6 Å². The van der Waals surface area contributed by atoms with Crippen LogP contribution in [0.3, 0.4) is 0 Å². The molecule has 1 N–H and O–H groups in total. The van der Waals surface area contributed by atoms with Gasteiger partial charge in [0.15, 0.2) is 0 Å². The Morgan fingerprint density at radius 3 is 2.83 bits per heavy atom. The Hall–Kier alpha value is -0.650. The standard InChI is InChI=1S/C12H21ClN4O/c1-10(2)17-11(14-9-16-17)7-15-12(8-13)3-5-18-6-4-12/h9-10,15H,3-8H2,1-2H3. The number of ether oxygens (including phenoxy) is 1. The van der Waals surface area contributed by atoms with Crippen molar-refractivity contribution in [2.24, 2.45) is 0 Å². The van der Waals surface area contributed by atoms with E-state index in [4.69, 9.17) is 16.3 Å². The first-order valence-corrected chi connectivity index (χ1v) is 6.97. The van der Waals surface area contributed by atoms with E-state index < -0.39 is 0 Å². The minimum Gasteiger partial charge on any atom is -0.381 e. The van der Waals surface area contributed by atoms with Crippen LogP contribution in [0.2, 0.25) is 0 Å². The summed E-state index contributed by atoms with van der Waals surface area (Å²) in [7, 11) is 0. The summed E-state index contributed by atoms with van der Waals surface area (Å²) in [6.07, 6.45) is 3.51. The molecule has 0 amide bonds. The fourth-order valence-electron chi connectivity index (χ4n) is 2.22. The van der Waals surface area contributed by atoms with Gasteiger partial charge in [0.2, 0.25) is 0 Å². The van der Waals surface area contributed by atoms with Crippen LogP contribution in [0.5, 0.6) is 0 Å². The zero-order chi connectivity index (χ0) is 13.0. The lowest BCUT2D eigenvalue weighted by Gasteiger charge is -2.36. The SMILES string of the molecule is CC(C)n1ncnc1CNC1(CCl)CCOCC1. The zero-order valence-corrected chi connectivity index (χ0v) is 11.8. The predicted molar refractivity (Wildman–Crippen MR) is 70.8 cm³/mol. The molecule has 0 aromatic carbocycles. The van der Waals surface area contributed by atoms with Gasteiger partial charge in [0, 0.05) is 30.7 Å². The molecule has 1 aromatic heterocycles. The number of alkyl halides is 1. The highest BCUT2D eigenvalue weighted by Crippen LogP contribution is 2.22. The molecule has 0 saturated carbocycles. The van der Waals surface area contributed by atoms with Crippen LogP contribution in [0.4, 0.5) is 0 Å². The van der Waals surface area contributed by atoms with Gasteiger partial charge in [-0.2, -0.15) is 5.10 Å². The van der Waals surface area contributed by atoms with Gasteiger partial charge >= 0.3 is 0 Å². The predicted octanol–water partition coefficient (Wildman–Crippen LogP) is 1.74. The summed E-state index contributed by atoms with van der Waals surface area (Å²) in [5.74, 6) is 1.56. The smallest absolute Gasteiger partial charge is 0.141 e. The summed E-state index contributed by atoms with van der Waals surface area (Å²) in [6.45, 7) is 6.45. The van der Waals surface area contributed by atoms with Crippen LogP contribution in [0.25, 0.3) is 0 Å². The minimum absolute atomic E-state index is 0.0203. The molecule has 1 saturated heterocycles. The maximum atomic E-state index is 6.12. The van der Waals surface area contributed by atoms with E-state index in [-0.39, 0.29) is 5.54 Å². The first-order valence-electron chi connectivity index (χ1n) is 6.44. The topological polar surface area (TPSA) is 52.0 Å². The van der Waals surface area contributed by atoms with Gasteiger partial charge in [0.25, 0.3) is 0 Å². The van der Waals surface area contributed by atoms with Crippen molar-refractivity contribution < 1.29 is 4.74 Å². The monoisotopic (exact) mass is 272 g/mol. The van der Waals surface area contributed by atoms with Crippen molar-refractivity contribution in [2.45, 2.75) is 44.8 Å². The summed E-state index contributed by atoms with van der Waals surface area (Å²) in [4.78, 5) is 4.30. The second-order valence-electron chi connectivity index (χ2n) is 5.09. The summed E-state index contributed by atoms with van der Waals surface area (Å²) >= 11 is 6.12. The van der Waals surface area contributed by atoms with Crippen LogP contribution in [0.1, 0.15) is 38.6 Å². The molecule has 5 nitrogen and oxygen atoms in total. The van der Waals surface area contributed by atoms with Gasteiger partial charge in [-0.15, -0.1) is 11.6 Å². The van der Waals surface area contributed by atoms with Crippen LogP contribution < -0.4 is 5.32 Å². The number of hydrogen-bond donors (Lipinski definition) is 1. The van der Waals surface area contributed by atoms with E-state index in [1.165, 1.54) is 0 Å². The molecule has 0 bridgehead atoms. The van der Waals surface area contributed by atoms with Crippen molar-refractivity contribution in [1.29, 1.82) is 0 Å². The first kappa shape index (κ1) is 13.8. The highest BCUT2D eigenvalue weighted by Gasteiger charge is 2.31. The van der Waals surface area contributed by atoms with Crippen LogP contribution in [0.15, 0.2) is 6.33 Å². The molecule has 1 aliphatic rings. The van der Waals surface area contributed by atoms with Gasteiger partial charge in [-0.1, -0.05) is 0 Å². The van der Waals surface area contributed by atoms with E-state index in [9.17, 15) is 0 Å². The third kappa shape index (κ3) is 3.02. The summed E-state index contributed by atoms with van der Waals surface area (Å²) in [6, 6.07) is 0.325. The van der Waals surface area contributed by atoms with E-state index in [2.05, 4.69) is 29.2 Å². The highest BCUT2D eigenvalue weighted by molar-refractivity contribution is 6.18. The molecule has 0 radical (unpaired) electrons. The van der Waals surface area contributed by atoms with Gasteiger partial charge < -0.3 is 10.1 Å². The van der Waals surface area contributed by atoms with Gasteiger partial charge in [-0.3, -0.25) is 0 Å². The molecule has 6 heteroatoms. The molecule has 2 rings (SSSR count). The van der Waals surface area contributed by atoms with Gasteiger partial charge in [0.05, 0.1) is 6.54 Å². The molecule has 0 unspecified atom stereocenters. The number of rotatable bonds is 5. The summed E-state index contributed by atoms with van der Waals surface area (Å²) in [5, 5.41) is 7.78. The van der Waals surface area contributed by atoms with E-state index in [1.54, 1.807) is 6.33 Å². The average Bonchev–Trinajstić information content (AvgIpc) is 2.86. The maximum absolute atomic E-state index is 6.12. The molecule has 1 aromatic rings. The minimum atomic E-state index is -0.0203. The number of hydrogen-bond acceptors (Lipinski definition) is 4. The molecule has 0 atom stereocenters. The van der Waals surface area contributed by atoms with Crippen molar-refractivity contribution in [3.63, 3.8) is 0 Å². The lowest BCUT2D eigenvalue weighted by molar-refractivity contribution is 0.0454. The molecule has 2 heterocycles. The van der Waals surface area contributed by atoms with E-state index in [0.29, 0.717) is 18.5 Å². The third-order valence-electron chi connectivity index (χ3n) is 3.46. The third-order valence-corrected chi connectivity index (χ3v) is 3.98. The maximum Gasteiger partial charge on any atom is 0.141 e. The second kappa shape index (κ2) is 5.99. The van der Waals surface area contributed by atoms with Gasteiger partial charge in [-0.25, -0.2) is 9.67 Å². The number of nitrogens with one attached hydrogen (secondary N) is 1. The Labute approximate surface area is 113 Å². The Balaban J connectivity index is 1.99. The molecule has 18 heavy (non-hydrogen) atoms. The molecule has 1 aliphatic heterocycles. The molecule has 0 aliphatic carbocycles. The van der Waals surface area contributed by atoms with E-state index in [0.717, 1.165) is 31.9 Å². The number of aromatic nitrogens is 3. The van der Waals surface area contributed by atoms with Crippen LogP contribution in [0, 0.1) is 0 Å². The molecule has 102 valence electrons. The van der Waals surface area contributed by atoms with Crippen molar-refractivity contribution in [3.8, 4) is 0 Å². The Morgan fingerprint density at radius 2 is 2.22 bits per heavy atom. The zero-order valence-electron chi connectivity index (χ0n) is 11.0. The normalized spacial score (nSPS) is 19.3. The fourth-order valence-corrected chi connectivity index (χ4v) is 2.58. The van der Waals surface area contributed by atoms with Crippen LogP contribution in [-0.4, -0.2) is 39.4 Å². The molecular weight excluding hydrogens is 252 g/mol. The lowest BCUT2D eigenvalue weighted by Crippen LogP contribution is -2.50. The number of nitrogens with zero attached hydrogens (tertiary/aromatic N) is 3. The Bertz CT molecular complexity index is 374. The van der Waals surface area contributed by atoms with E-state index in [1.807, 2.05) is 4.68 Å². The van der Waals surface area contributed by atoms with E-state index >= 15 is 0 Å². The van der Waals surface area contributed by atoms with Crippen molar-refractivity contribution >= 4 is 11.6 Å². The summed E-state index contributed by atoms with van der Waals surface area (Å²) in [5.41, 5.74) is -0.0203. The second-order valence-corrected chi connectivity index (χ2v) is 5.36. The molecule has 1 fully saturated rings. The van der Waals surface area contributed by atoms with Gasteiger partial charge in [0.1, 0.15) is 12.2 Å². The fraction of sp³-hybridized carbons (Fsp3) is 0.833. The van der Waals surface area contributed by atoms with Crippen molar-refractivity contribution in [1.82, 2.24) is 20.1 Å². The molecular formula is C12H21ClN4O. The Kier molecular flexibility index (Phi) is 4.59. The molecule has 0 spiro atoms. The highest BCUT2D eigenvalue weighted by atomic mass is 35.5.